The average molecular weight is 418 g/mol. The van der Waals surface area contributed by atoms with Crippen LogP contribution in [0.2, 0.25) is 0 Å². The average Bonchev–Trinajstić information content (AvgIpc) is 2.70. The smallest absolute Gasteiger partial charge is 0.224 e. The molecule has 0 aliphatic carbocycles. The van der Waals surface area contributed by atoms with Crippen LogP contribution in [0.4, 0.5) is 0 Å². The van der Waals surface area contributed by atoms with Gasteiger partial charge in [0.2, 0.25) is 5.91 Å². The Labute approximate surface area is 175 Å². The number of likely N-dealkylation sites (tertiary alicyclic amines) is 1. The first-order valence-electron chi connectivity index (χ1n) is 9.64. The minimum absolute atomic E-state index is 0. The molecule has 2 fully saturated rings. The van der Waals surface area contributed by atoms with Gasteiger partial charge in [0.25, 0.3) is 0 Å². The van der Waals surface area contributed by atoms with Gasteiger partial charge in [-0.1, -0.05) is 18.6 Å². The maximum atomic E-state index is 12.5. The molecule has 5 nitrogen and oxygen atoms in total. The van der Waals surface area contributed by atoms with Gasteiger partial charge in [0.1, 0.15) is 5.75 Å². The van der Waals surface area contributed by atoms with Gasteiger partial charge < -0.3 is 15.4 Å². The van der Waals surface area contributed by atoms with Crippen molar-refractivity contribution in [3.8, 4) is 5.75 Å². The molecule has 0 aromatic heterocycles. The fraction of sp³-hybridized carbons (Fsp3) is 0.650. The molecule has 0 spiro atoms. The van der Waals surface area contributed by atoms with Gasteiger partial charge in [0.05, 0.1) is 19.1 Å². The molecular formula is C20H33Cl2N3O2. The van der Waals surface area contributed by atoms with Gasteiger partial charge in [-0.3, -0.25) is 9.69 Å². The molecule has 2 atom stereocenters. The van der Waals surface area contributed by atoms with E-state index in [2.05, 4.69) is 27.7 Å². The number of benzene rings is 1. The summed E-state index contributed by atoms with van der Waals surface area (Å²) in [6.07, 6.45) is 5.88. The Bertz CT molecular complexity index is 545. The van der Waals surface area contributed by atoms with Gasteiger partial charge in [0.15, 0.2) is 0 Å². The topological polar surface area (TPSA) is 53.6 Å². The molecule has 2 aliphatic rings. The lowest BCUT2D eigenvalue weighted by molar-refractivity contribution is -0.125. The summed E-state index contributed by atoms with van der Waals surface area (Å²) in [7, 11) is 1.69. The molecule has 7 heteroatoms. The SMILES string of the molecule is COc1ccc(C(CNC(=O)C2CCCNC2)N2CCCCC2)cc1.Cl.Cl. The van der Waals surface area contributed by atoms with E-state index in [1.54, 1.807) is 7.11 Å². The molecule has 2 saturated heterocycles. The summed E-state index contributed by atoms with van der Waals surface area (Å²) < 4.78 is 5.28. The molecule has 1 amide bonds. The van der Waals surface area contributed by atoms with Crippen LogP contribution in [0.5, 0.6) is 5.75 Å². The van der Waals surface area contributed by atoms with Crippen LogP contribution in [0.1, 0.15) is 43.7 Å². The third kappa shape index (κ3) is 6.83. The van der Waals surface area contributed by atoms with E-state index in [9.17, 15) is 4.79 Å². The summed E-state index contributed by atoms with van der Waals surface area (Å²) in [6, 6.07) is 8.53. The molecule has 1 aromatic rings. The van der Waals surface area contributed by atoms with Gasteiger partial charge in [0, 0.05) is 13.1 Å². The lowest BCUT2D eigenvalue weighted by Gasteiger charge is -2.35. The zero-order chi connectivity index (χ0) is 17.5. The summed E-state index contributed by atoms with van der Waals surface area (Å²) >= 11 is 0. The van der Waals surface area contributed by atoms with E-state index in [1.165, 1.54) is 24.8 Å². The van der Waals surface area contributed by atoms with Gasteiger partial charge in [-0.25, -0.2) is 0 Å². The molecule has 27 heavy (non-hydrogen) atoms. The standard InChI is InChI=1S/C20H31N3O2.2ClH/c1-25-18-9-7-16(8-10-18)19(23-12-3-2-4-13-23)15-22-20(24)17-6-5-11-21-14-17;;/h7-10,17,19,21H,2-6,11-15H2,1H3,(H,22,24);2*1H. The van der Waals surface area contributed by atoms with E-state index < -0.39 is 0 Å². The van der Waals surface area contributed by atoms with Crippen molar-refractivity contribution >= 4 is 30.7 Å². The highest BCUT2D eigenvalue weighted by atomic mass is 35.5. The number of hydrogen-bond acceptors (Lipinski definition) is 4. The number of methoxy groups -OCH3 is 1. The normalized spacial score (nSPS) is 21.3. The summed E-state index contributed by atoms with van der Waals surface area (Å²) in [5.41, 5.74) is 1.25. The van der Waals surface area contributed by atoms with Crippen LogP contribution in [0.3, 0.4) is 0 Å². The fourth-order valence-electron chi connectivity index (χ4n) is 3.93. The van der Waals surface area contributed by atoms with Crippen molar-refractivity contribution in [1.82, 2.24) is 15.5 Å². The minimum Gasteiger partial charge on any atom is -0.497 e. The van der Waals surface area contributed by atoms with Gasteiger partial charge in [-0.2, -0.15) is 0 Å². The first-order chi connectivity index (χ1) is 12.3. The molecule has 1 aromatic carbocycles. The molecule has 0 bridgehead atoms. The lowest BCUT2D eigenvalue weighted by Crippen LogP contribution is -2.45. The van der Waals surface area contributed by atoms with Crippen LogP contribution >= 0.6 is 24.8 Å². The number of carbonyl (C=O) groups is 1. The number of nitrogens with one attached hydrogen (secondary N) is 2. The van der Waals surface area contributed by atoms with Crippen molar-refractivity contribution in [3.63, 3.8) is 0 Å². The van der Waals surface area contributed by atoms with Crippen LogP contribution < -0.4 is 15.4 Å². The van der Waals surface area contributed by atoms with Crippen molar-refractivity contribution in [1.29, 1.82) is 0 Å². The van der Waals surface area contributed by atoms with E-state index in [4.69, 9.17) is 4.74 Å². The Morgan fingerprint density at radius 1 is 1.19 bits per heavy atom. The molecular weight excluding hydrogens is 385 g/mol. The zero-order valence-corrected chi connectivity index (χ0v) is 17.7. The van der Waals surface area contributed by atoms with E-state index in [1.807, 2.05) is 12.1 Å². The number of ether oxygens (including phenoxy) is 1. The molecule has 0 saturated carbocycles. The number of carbonyl (C=O) groups excluding carboxylic acids is 1. The maximum Gasteiger partial charge on any atom is 0.224 e. The fourth-order valence-corrected chi connectivity index (χ4v) is 3.93. The quantitative estimate of drug-likeness (QED) is 0.745. The van der Waals surface area contributed by atoms with Crippen LogP contribution in [0, 0.1) is 5.92 Å². The summed E-state index contributed by atoms with van der Waals surface area (Å²) in [5.74, 6) is 1.19. The zero-order valence-electron chi connectivity index (χ0n) is 16.1. The van der Waals surface area contributed by atoms with Gasteiger partial charge in [-0.05, 0) is 63.0 Å². The molecule has 0 radical (unpaired) electrons. The number of halogens is 2. The Hall–Kier alpha value is -1.01. The van der Waals surface area contributed by atoms with E-state index >= 15 is 0 Å². The molecule has 2 heterocycles. The van der Waals surface area contributed by atoms with Crippen LogP contribution in [0.15, 0.2) is 24.3 Å². The summed E-state index contributed by atoms with van der Waals surface area (Å²) in [4.78, 5) is 15.0. The van der Waals surface area contributed by atoms with E-state index in [-0.39, 0.29) is 42.7 Å². The van der Waals surface area contributed by atoms with Crippen molar-refractivity contribution in [2.45, 2.75) is 38.1 Å². The van der Waals surface area contributed by atoms with Crippen molar-refractivity contribution < 1.29 is 9.53 Å². The van der Waals surface area contributed by atoms with Crippen LogP contribution in [-0.4, -0.2) is 50.6 Å². The largest absolute Gasteiger partial charge is 0.497 e. The van der Waals surface area contributed by atoms with Gasteiger partial charge >= 0.3 is 0 Å². The number of nitrogens with zero attached hydrogens (tertiary/aromatic N) is 1. The van der Waals surface area contributed by atoms with Crippen LogP contribution in [0.25, 0.3) is 0 Å². The molecule has 2 N–H and O–H groups in total. The Morgan fingerprint density at radius 2 is 1.89 bits per heavy atom. The van der Waals surface area contributed by atoms with Crippen molar-refractivity contribution in [3.05, 3.63) is 29.8 Å². The van der Waals surface area contributed by atoms with E-state index in [0.29, 0.717) is 6.54 Å². The third-order valence-electron chi connectivity index (χ3n) is 5.47. The third-order valence-corrected chi connectivity index (χ3v) is 5.47. The number of piperidine rings is 2. The predicted octanol–water partition coefficient (Wildman–Crippen LogP) is 3.18. The number of rotatable bonds is 6. The summed E-state index contributed by atoms with van der Waals surface area (Å²) in [5, 5.41) is 6.55. The van der Waals surface area contributed by atoms with E-state index in [0.717, 1.165) is 44.8 Å². The predicted molar refractivity (Wildman–Crippen MR) is 114 cm³/mol. The molecule has 2 unspecified atom stereocenters. The van der Waals surface area contributed by atoms with Crippen molar-refractivity contribution in [2.75, 3.05) is 39.8 Å². The second-order valence-electron chi connectivity index (χ2n) is 7.17. The Balaban J connectivity index is 0.00000182. The lowest BCUT2D eigenvalue weighted by atomic mass is 9.98. The molecule has 2 aliphatic heterocycles. The maximum absolute atomic E-state index is 12.5. The Kier molecular flexibility index (Phi) is 11.1. The first-order valence-corrected chi connectivity index (χ1v) is 9.64. The monoisotopic (exact) mass is 417 g/mol. The first kappa shape index (κ1) is 24.0. The number of hydrogen-bond donors (Lipinski definition) is 2. The molecule has 154 valence electrons. The van der Waals surface area contributed by atoms with Crippen LogP contribution in [-0.2, 0) is 4.79 Å². The highest BCUT2D eigenvalue weighted by Crippen LogP contribution is 2.26. The molecule has 3 rings (SSSR count). The second kappa shape index (κ2) is 12.4. The highest BCUT2D eigenvalue weighted by Gasteiger charge is 2.25. The van der Waals surface area contributed by atoms with Gasteiger partial charge in [-0.15, -0.1) is 24.8 Å². The highest BCUT2D eigenvalue weighted by molar-refractivity contribution is 5.85. The Morgan fingerprint density at radius 3 is 2.48 bits per heavy atom. The number of amides is 1. The second-order valence-corrected chi connectivity index (χ2v) is 7.17. The van der Waals surface area contributed by atoms with Crippen molar-refractivity contribution in [2.24, 2.45) is 5.92 Å². The minimum atomic E-state index is 0. The summed E-state index contributed by atoms with van der Waals surface area (Å²) in [6.45, 7) is 4.74.